The van der Waals surface area contributed by atoms with Gasteiger partial charge in [-0.3, -0.25) is 19.5 Å². The fourth-order valence-electron chi connectivity index (χ4n) is 3.17. The van der Waals surface area contributed by atoms with Crippen LogP contribution in [0.5, 0.6) is 0 Å². The van der Waals surface area contributed by atoms with Gasteiger partial charge in [-0.05, 0) is 18.6 Å². The highest BCUT2D eigenvalue weighted by Crippen LogP contribution is 2.11. The normalized spacial score (nSPS) is 15.0. The first kappa shape index (κ1) is 18.3. The average Bonchev–Trinajstić information content (AvgIpc) is 2.68. The van der Waals surface area contributed by atoms with E-state index in [1.165, 1.54) is 5.56 Å². The van der Waals surface area contributed by atoms with E-state index >= 15 is 0 Å². The topological polar surface area (TPSA) is 53.5 Å². The zero-order valence-electron chi connectivity index (χ0n) is 15.2. The van der Waals surface area contributed by atoms with Gasteiger partial charge in [-0.1, -0.05) is 35.9 Å². The van der Waals surface area contributed by atoms with Crippen LogP contribution >= 0.6 is 0 Å². The highest BCUT2D eigenvalue weighted by molar-refractivity contribution is 5.97. The summed E-state index contributed by atoms with van der Waals surface area (Å²) >= 11 is 0. The van der Waals surface area contributed by atoms with Crippen molar-refractivity contribution in [1.29, 1.82) is 0 Å². The van der Waals surface area contributed by atoms with Gasteiger partial charge in [0.2, 0.25) is 5.91 Å². The Bertz CT molecular complexity index is 736. The minimum absolute atomic E-state index is 0.0357. The molecule has 1 amide bonds. The summed E-state index contributed by atoms with van der Waals surface area (Å²) in [5.41, 5.74) is 3.00. The lowest BCUT2D eigenvalue weighted by Gasteiger charge is -2.34. The van der Waals surface area contributed by atoms with Crippen LogP contribution in [0.4, 0.5) is 0 Å². The second-order valence-corrected chi connectivity index (χ2v) is 6.81. The number of Topliss-reactive ketones (excluding diaryl/α,β-unsaturated/α-hetero) is 1. The Morgan fingerprint density at radius 1 is 1.00 bits per heavy atom. The van der Waals surface area contributed by atoms with Gasteiger partial charge >= 0.3 is 0 Å². The number of benzene rings is 1. The zero-order valence-corrected chi connectivity index (χ0v) is 15.2. The van der Waals surface area contributed by atoms with Crippen LogP contribution in [0.3, 0.4) is 0 Å². The molecule has 0 saturated carbocycles. The van der Waals surface area contributed by atoms with Crippen molar-refractivity contribution in [2.75, 3.05) is 26.2 Å². The van der Waals surface area contributed by atoms with Crippen molar-refractivity contribution in [1.82, 2.24) is 14.8 Å². The summed E-state index contributed by atoms with van der Waals surface area (Å²) in [4.78, 5) is 33.0. The molecule has 1 aromatic carbocycles. The van der Waals surface area contributed by atoms with Crippen LogP contribution in [0, 0.1) is 6.92 Å². The molecule has 0 atom stereocenters. The molecule has 0 unspecified atom stereocenters. The van der Waals surface area contributed by atoms with Gasteiger partial charge in [-0.15, -0.1) is 0 Å². The molecule has 2 heterocycles. The van der Waals surface area contributed by atoms with E-state index in [4.69, 9.17) is 0 Å². The summed E-state index contributed by atoms with van der Waals surface area (Å²) in [6.45, 7) is 6.00. The number of pyridine rings is 1. The summed E-state index contributed by atoms with van der Waals surface area (Å²) in [5, 5.41) is 0. The summed E-state index contributed by atoms with van der Waals surface area (Å²) < 4.78 is 0. The first-order valence-electron chi connectivity index (χ1n) is 9.11. The molecule has 0 aliphatic carbocycles. The summed E-state index contributed by atoms with van der Waals surface area (Å²) in [6.07, 6.45) is 4.22. The molecular formula is C21H25N3O2. The number of rotatable bonds is 6. The van der Waals surface area contributed by atoms with Crippen molar-refractivity contribution in [2.45, 2.75) is 26.3 Å². The van der Waals surface area contributed by atoms with E-state index < -0.39 is 0 Å². The number of aryl methyl sites for hydroxylation is 1. The van der Waals surface area contributed by atoms with Crippen LogP contribution in [0.15, 0.2) is 48.8 Å². The third kappa shape index (κ3) is 4.99. The van der Waals surface area contributed by atoms with Gasteiger partial charge in [-0.2, -0.15) is 0 Å². The second kappa shape index (κ2) is 8.72. The van der Waals surface area contributed by atoms with Crippen molar-refractivity contribution in [2.24, 2.45) is 0 Å². The third-order valence-electron chi connectivity index (χ3n) is 4.79. The van der Waals surface area contributed by atoms with Crippen molar-refractivity contribution in [3.63, 3.8) is 0 Å². The van der Waals surface area contributed by atoms with E-state index in [0.29, 0.717) is 5.56 Å². The molecule has 0 bridgehead atoms. The number of ketones is 1. The van der Waals surface area contributed by atoms with Gasteiger partial charge in [0.05, 0.1) is 0 Å². The number of nitrogens with zero attached hydrogens (tertiary/aromatic N) is 3. The van der Waals surface area contributed by atoms with Crippen LogP contribution in [0.25, 0.3) is 0 Å². The molecule has 0 radical (unpaired) electrons. The van der Waals surface area contributed by atoms with Gasteiger partial charge in [0.25, 0.3) is 0 Å². The number of piperazine rings is 1. The van der Waals surface area contributed by atoms with Crippen LogP contribution in [0.2, 0.25) is 0 Å². The summed E-state index contributed by atoms with van der Waals surface area (Å²) in [7, 11) is 0. The number of carbonyl (C=O) groups excluding carboxylic acids is 2. The molecular weight excluding hydrogens is 326 g/mol. The monoisotopic (exact) mass is 351 g/mol. The minimum Gasteiger partial charge on any atom is -0.340 e. The summed E-state index contributed by atoms with van der Waals surface area (Å²) in [5.74, 6) is 0.111. The molecule has 136 valence electrons. The first-order valence-corrected chi connectivity index (χ1v) is 9.11. The molecule has 5 heteroatoms. The molecule has 0 spiro atoms. The van der Waals surface area contributed by atoms with Gasteiger partial charge < -0.3 is 4.90 Å². The standard InChI is InChI=1S/C21H25N3O2/c1-17-4-6-19(7-5-17)20(25)8-9-21(26)24-13-11-23(12-14-24)16-18-3-2-10-22-15-18/h2-7,10,15H,8-9,11-14,16H2,1H3. The first-order chi connectivity index (χ1) is 12.6. The van der Waals surface area contributed by atoms with Crippen LogP contribution in [-0.4, -0.2) is 52.7 Å². The van der Waals surface area contributed by atoms with E-state index in [1.807, 2.05) is 48.4 Å². The molecule has 1 aromatic heterocycles. The Labute approximate surface area is 154 Å². The number of carbonyl (C=O) groups is 2. The van der Waals surface area contributed by atoms with E-state index in [2.05, 4.69) is 16.0 Å². The Balaban J connectivity index is 1.42. The predicted molar refractivity (Wildman–Crippen MR) is 101 cm³/mol. The fraction of sp³-hybridized carbons (Fsp3) is 0.381. The lowest BCUT2D eigenvalue weighted by atomic mass is 10.0. The van der Waals surface area contributed by atoms with Gasteiger partial charge in [0.1, 0.15) is 0 Å². The van der Waals surface area contributed by atoms with E-state index in [1.54, 1.807) is 6.20 Å². The Kier molecular flexibility index (Phi) is 6.12. The molecule has 1 fully saturated rings. The highest BCUT2D eigenvalue weighted by atomic mass is 16.2. The van der Waals surface area contributed by atoms with E-state index in [0.717, 1.165) is 38.3 Å². The zero-order chi connectivity index (χ0) is 18.4. The average molecular weight is 351 g/mol. The summed E-state index contributed by atoms with van der Waals surface area (Å²) in [6, 6.07) is 11.5. The SMILES string of the molecule is Cc1ccc(C(=O)CCC(=O)N2CCN(Cc3cccnc3)CC2)cc1. The van der Waals surface area contributed by atoms with Crippen molar-refractivity contribution in [3.8, 4) is 0 Å². The van der Waals surface area contributed by atoms with Crippen LogP contribution < -0.4 is 0 Å². The van der Waals surface area contributed by atoms with Gasteiger partial charge in [0, 0.05) is 63.5 Å². The van der Waals surface area contributed by atoms with Crippen LogP contribution in [0.1, 0.15) is 34.3 Å². The maximum atomic E-state index is 12.4. The number of aromatic nitrogens is 1. The molecule has 1 aliphatic rings. The lowest BCUT2D eigenvalue weighted by molar-refractivity contribution is -0.132. The molecule has 1 aliphatic heterocycles. The van der Waals surface area contributed by atoms with Crippen molar-refractivity contribution >= 4 is 11.7 Å². The molecule has 1 saturated heterocycles. The molecule has 26 heavy (non-hydrogen) atoms. The van der Waals surface area contributed by atoms with Gasteiger partial charge in [-0.25, -0.2) is 0 Å². The fourth-order valence-corrected chi connectivity index (χ4v) is 3.17. The highest BCUT2D eigenvalue weighted by Gasteiger charge is 2.21. The molecule has 3 rings (SSSR count). The van der Waals surface area contributed by atoms with E-state index in [9.17, 15) is 9.59 Å². The largest absolute Gasteiger partial charge is 0.340 e. The van der Waals surface area contributed by atoms with Crippen molar-refractivity contribution < 1.29 is 9.59 Å². The Morgan fingerprint density at radius 3 is 2.38 bits per heavy atom. The van der Waals surface area contributed by atoms with E-state index in [-0.39, 0.29) is 24.5 Å². The van der Waals surface area contributed by atoms with Gasteiger partial charge in [0.15, 0.2) is 5.78 Å². The quantitative estimate of drug-likeness (QED) is 0.751. The number of hydrogen-bond donors (Lipinski definition) is 0. The third-order valence-corrected chi connectivity index (χ3v) is 4.79. The number of hydrogen-bond acceptors (Lipinski definition) is 4. The molecule has 0 N–H and O–H groups in total. The van der Waals surface area contributed by atoms with Crippen LogP contribution in [-0.2, 0) is 11.3 Å². The molecule has 5 nitrogen and oxygen atoms in total. The second-order valence-electron chi connectivity index (χ2n) is 6.81. The Hall–Kier alpha value is -2.53. The minimum atomic E-state index is 0.0357. The predicted octanol–water partition coefficient (Wildman–Crippen LogP) is 2.70. The lowest BCUT2D eigenvalue weighted by Crippen LogP contribution is -2.48. The Morgan fingerprint density at radius 2 is 1.73 bits per heavy atom. The van der Waals surface area contributed by atoms with Crippen molar-refractivity contribution in [3.05, 3.63) is 65.5 Å². The molecule has 2 aromatic rings. The maximum Gasteiger partial charge on any atom is 0.223 e. The maximum absolute atomic E-state index is 12.4. The number of amides is 1. The smallest absolute Gasteiger partial charge is 0.223 e.